The first-order chi connectivity index (χ1) is 4.83. The molecule has 0 saturated heterocycles. The van der Waals surface area contributed by atoms with Gasteiger partial charge in [0.15, 0.2) is 0 Å². The minimum absolute atomic E-state index is 0. The van der Waals surface area contributed by atoms with Gasteiger partial charge in [0.05, 0.1) is 0 Å². The van der Waals surface area contributed by atoms with Gasteiger partial charge in [-0.2, -0.15) is 11.8 Å². The van der Waals surface area contributed by atoms with Gasteiger partial charge in [0.25, 0.3) is 0 Å². The molecule has 0 N–H and O–H groups in total. The summed E-state index contributed by atoms with van der Waals surface area (Å²) in [4.78, 5) is 0. The molecule has 0 atom stereocenters. The van der Waals surface area contributed by atoms with E-state index in [1.807, 2.05) is 20.7 Å². The van der Waals surface area contributed by atoms with Gasteiger partial charge >= 0.3 is 0 Å². The molecule has 0 radical (unpaired) electrons. The summed E-state index contributed by atoms with van der Waals surface area (Å²) in [5, 5.41) is 0. The Morgan fingerprint density at radius 1 is 1.27 bits per heavy atom. The van der Waals surface area contributed by atoms with Gasteiger partial charge < -0.3 is 0 Å². The van der Waals surface area contributed by atoms with Crippen LogP contribution in [-0.4, -0.2) is 15.3 Å². The minimum atomic E-state index is 0. The fraction of sp³-hybridized carbons (Fsp3) is 1.00. The summed E-state index contributed by atoms with van der Waals surface area (Å²) in [5.41, 5.74) is 0. The second kappa shape index (κ2) is 22.7. The summed E-state index contributed by atoms with van der Waals surface area (Å²) < 4.78 is 1.24. The molecular formula is C7H18I2S2. The molecule has 0 aliphatic carbocycles. The van der Waals surface area contributed by atoms with E-state index < -0.39 is 0 Å². The van der Waals surface area contributed by atoms with Crippen LogP contribution in [0.15, 0.2) is 0 Å². The van der Waals surface area contributed by atoms with E-state index in [-0.39, 0.29) is 7.43 Å². The van der Waals surface area contributed by atoms with Crippen LogP contribution in [-0.2, 0) is 0 Å². The third kappa shape index (κ3) is 33.1. The summed E-state index contributed by atoms with van der Waals surface area (Å²) in [6.07, 6.45) is 1.31. The van der Waals surface area contributed by atoms with Gasteiger partial charge in [-0.15, -0.1) is 0 Å². The number of rotatable bonds is 4. The molecule has 0 aliphatic rings. The normalized spacial score (nSPS) is 7.64. The third-order valence-electron chi connectivity index (χ3n) is 0.535. The maximum absolute atomic E-state index is 2.37. The topological polar surface area (TPSA) is 0 Å². The van der Waals surface area contributed by atoms with Crippen molar-refractivity contribution < 1.29 is 0 Å². The lowest BCUT2D eigenvalue weighted by Gasteiger charge is -1.85. The zero-order chi connectivity index (χ0) is 8.24. The quantitative estimate of drug-likeness (QED) is 0.346. The van der Waals surface area contributed by atoms with Crippen molar-refractivity contribution in [1.82, 2.24) is 0 Å². The molecular weight excluding hydrogens is 402 g/mol. The average molecular weight is 420 g/mol. The van der Waals surface area contributed by atoms with E-state index in [0.717, 1.165) is 0 Å². The predicted molar refractivity (Wildman–Crippen MR) is 80.5 cm³/mol. The number of alkyl halides is 1. The van der Waals surface area contributed by atoms with Crippen molar-refractivity contribution in [3.63, 3.8) is 0 Å². The molecule has 0 unspecified atom stereocenters. The van der Waals surface area contributed by atoms with Gasteiger partial charge in [0.1, 0.15) is 0 Å². The molecule has 11 heavy (non-hydrogen) atoms. The van der Waals surface area contributed by atoms with Gasteiger partial charge in [-0.1, -0.05) is 52.8 Å². The molecule has 0 aromatic heterocycles. The summed E-state index contributed by atoms with van der Waals surface area (Å²) >= 11 is 6.64. The molecule has 72 valence electrons. The highest BCUT2D eigenvalue weighted by Crippen LogP contribution is 2.07. The Bertz CT molecular complexity index is 39.4. The van der Waals surface area contributed by atoms with Crippen molar-refractivity contribution in [1.29, 1.82) is 0 Å². The molecule has 0 amide bonds. The zero-order valence-electron chi connectivity index (χ0n) is 6.40. The Hall–Kier alpha value is 2.16. The van der Waals surface area contributed by atoms with Gasteiger partial charge in [0, 0.05) is 9.51 Å². The summed E-state index contributed by atoms with van der Waals surface area (Å²) in [6.45, 7) is 4.34. The molecule has 0 rings (SSSR count). The Kier molecular flexibility index (Phi) is 39.0. The van der Waals surface area contributed by atoms with Crippen molar-refractivity contribution in [2.45, 2.75) is 27.7 Å². The van der Waals surface area contributed by atoms with Gasteiger partial charge in [0.2, 0.25) is 0 Å². The first-order valence-corrected chi connectivity index (χ1v) is 9.41. The third-order valence-corrected chi connectivity index (χ3v) is 4.79. The molecule has 0 spiro atoms. The maximum atomic E-state index is 2.37. The summed E-state index contributed by atoms with van der Waals surface area (Å²) in [5.74, 6) is 2.55. The van der Waals surface area contributed by atoms with Crippen LogP contribution >= 0.6 is 64.5 Å². The van der Waals surface area contributed by atoms with Crippen LogP contribution < -0.4 is 0 Å². The summed E-state index contributed by atoms with van der Waals surface area (Å²) in [7, 11) is 1.83. The number of hydrogen-bond donors (Lipinski definition) is 0. The van der Waals surface area contributed by atoms with Crippen molar-refractivity contribution >= 4 is 64.5 Å². The second-order valence-corrected chi connectivity index (χ2v) is 6.98. The lowest BCUT2D eigenvalue weighted by Crippen LogP contribution is -1.69. The monoisotopic (exact) mass is 420 g/mol. The van der Waals surface area contributed by atoms with E-state index in [1.54, 1.807) is 0 Å². The molecule has 0 heterocycles. The lowest BCUT2D eigenvalue weighted by atomic mass is 10.6. The van der Waals surface area contributed by atoms with Crippen molar-refractivity contribution in [3.8, 4) is 0 Å². The van der Waals surface area contributed by atoms with Crippen LogP contribution in [0.1, 0.15) is 27.7 Å². The molecule has 0 nitrogen and oxygen atoms in total. The van der Waals surface area contributed by atoms with Crippen molar-refractivity contribution in [2.75, 3.05) is 15.3 Å². The van der Waals surface area contributed by atoms with Crippen molar-refractivity contribution in [3.05, 3.63) is 0 Å². The van der Waals surface area contributed by atoms with E-state index in [2.05, 4.69) is 57.6 Å². The van der Waals surface area contributed by atoms with E-state index in [4.69, 9.17) is 0 Å². The maximum Gasteiger partial charge on any atom is 0.0454 e. The Morgan fingerprint density at radius 3 is 1.82 bits per heavy atom. The zero-order valence-corrected chi connectivity index (χ0v) is 12.3. The number of halogens is 2. The highest BCUT2D eigenvalue weighted by molar-refractivity contribution is 14.2. The smallest absolute Gasteiger partial charge is 0.0454 e. The fourth-order valence-electron chi connectivity index (χ4n) is 0.199. The lowest BCUT2D eigenvalue weighted by molar-refractivity contribution is 1.11. The van der Waals surface area contributed by atoms with Crippen LogP contribution in [0.2, 0.25) is 0 Å². The van der Waals surface area contributed by atoms with E-state index in [0.29, 0.717) is 0 Å². The first kappa shape index (κ1) is 18.9. The SMILES string of the molecule is C.CCCSCI.CCSI. The largest absolute Gasteiger partial charge is 0.151 e. The summed E-state index contributed by atoms with van der Waals surface area (Å²) in [6, 6.07) is 0. The number of thioether (sulfide) groups is 1. The molecule has 0 aromatic carbocycles. The Morgan fingerprint density at radius 2 is 1.73 bits per heavy atom. The van der Waals surface area contributed by atoms with E-state index in [1.165, 1.54) is 21.7 Å². The standard InChI is InChI=1S/C4H9IS.C2H5IS.CH4/c1-2-3-6-4-5;1-2-4-3;/h2-4H2,1H3;2H2,1H3;1H4. The van der Waals surface area contributed by atoms with Gasteiger partial charge in [-0.05, 0) is 33.4 Å². The average Bonchev–Trinajstić information content (AvgIpc) is 2.01. The number of hydrogen-bond acceptors (Lipinski definition) is 2. The highest BCUT2D eigenvalue weighted by atomic mass is 127. The molecule has 0 fully saturated rings. The molecule has 0 saturated carbocycles. The van der Waals surface area contributed by atoms with E-state index in [9.17, 15) is 0 Å². The van der Waals surface area contributed by atoms with Gasteiger partial charge in [-0.3, -0.25) is 0 Å². The van der Waals surface area contributed by atoms with E-state index >= 15 is 0 Å². The van der Waals surface area contributed by atoms with Crippen LogP contribution in [0, 0.1) is 0 Å². The fourth-order valence-corrected chi connectivity index (χ4v) is 1.53. The van der Waals surface area contributed by atoms with Crippen LogP contribution in [0.25, 0.3) is 0 Å². The Balaban J connectivity index is -0.000000114. The van der Waals surface area contributed by atoms with Crippen LogP contribution in [0.3, 0.4) is 0 Å². The molecule has 0 aliphatic heterocycles. The first-order valence-electron chi connectivity index (χ1n) is 3.20. The predicted octanol–water partition coefficient (Wildman–Crippen LogP) is 5.25. The molecule has 0 bridgehead atoms. The van der Waals surface area contributed by atoms with Crippen LogP contribution in [0.5, 0.6) is 0 Å². The highest BCUT2D eigenvalue weighted by Gasteiger charge is 1.76. The van der Waals surface area contributed by atoms with Crippen LogP contribution in [0.4, 0.5) is 0 Å². The van der Waals surface area contributed by atoms with Gasteiger partial charge in [-0.25, -0.2) is 0 Å². The second-order valence-electron chi connectivity index (χ2n) is 1.42. The minimum Gasteiger partial charge on any atom is -0.151 e. The van der Waals surface area contributed by atoms with Crippen molar-refractivity contribution in [2.24, 2.45) is 0 Å². The Labute approximate surface area is 106 Å². The molecule has 0 aromatic rings. The molecule has 4 heteroatoms.